The highest BCUT2D eigenvalue weighted by Crippen LogP contribution is 2.35. The molecule has 0 heterocycles. The fraction of sp³-hybridized carbons (Fsp3) is 0.625. The molecule has 2 rings (SSSR count). The second-order valence-corrected chi connectivity index (χ2v) is 6.77. The quantitative estimate of drug-likeness (QED) is 0.887. The van der Waals surface area contributed by atoms with Gasteiger partial charge in [-0.2, -0.15) is 0 Å². The van der Waals surface area contributed by atoms with E-state index >= 15 is 0 Å². The summed E-state index contributed by atoms with van der Waals surface area (Å²) in [5.74, 6) is 2.55. The van der Waals surface area contributed by atoms with Gasteiger partial charge < -0.3 is 10.1 Å². The Kier molecular flexibility index (Phi) is 5.28. The number of hydrogen-bond donors (Lipinski definition) is 1. The summed E-state index contributed by atoms with van der Waals surface area (Å²) in [4.78, 5) is 0. The lowest BCUT2D eigenvalue weighted by molar-refractivity contribution is 0.0992. The molecule has 0 aromatic heterocycles. The average molecular weight is 326 g/mol. The molecule has 3 heteroatoms. The van der Waals surface area contributed by atoms with Crippen LogP contribution in [0.2, 0.25) is 0 Å². The Bertz CT molecular complexity index is 411. The number of benzene rings is 1. The molecule has 1 aromatic rings. The van der Waals surface area contributed by atoms with Crippen LogP contribution in [-0.2, 0) is 6.54 Å². The molecule has 0 amide bonds. The number of nitrogens with one attached hydrogen (secondary N) is 1. The highest BCUT2D eigenvalue weighted by Gasteiger charge is 2.26. The van der Waals surface area contributed by atoms with Crippen LogP contribution in [0.15, 0.2) is 22.7 Å². The Morgan fingerprint density at radius 2 is 1.89 bits per heavy atom. The molecule has 1 aliphatic rings. The minimum Gasteiger partial charge on any atom is -0.489 e. The number of rotatable bonds is 4. The van der Waals surface area contributed by atoms with E-state index in [1.54, 1.807) is 0 Å². The molecular weight excluding hydrogens is 302 g/mol. The van der Waals surface area contributed by atoms with Gasteiger partial charge in [0.25, 0.3) is 0 Å². The predicted octanol–water partition coefficient (Wildman–Crippen LogP) is 4.37. The van der Waals surface area contributed by atoms with E-state index in [0.29, 0.717) is 6.10 Å². The Labute approximate surface area is 125 Å². The van der Waals surface area contributed by atoms with Crippen LogP contribution in [-0.4, -0.2) is 13.2 Å². The second-order valence-electron chi connectivity index (χ2n) is 5.92. The number of ether oxygens (including phenoxy) is 1. The highest BCUT2D eigenvalue weighted by atomic mass is 79.9. The van der Waals surface area contributed by atoms with E-state index in [1.165, 1.54) is 24.8 Å². The van der Waals surface area contributed by atoms with E-state index < -0.39 is 0 Å². The Balaban J connectivity index is 2.13. The van der Waals surface area contributed by atoms with Crippen molar-refractivity contribution in [1.29, 1.82) is 0 Å². The van der Waals surface area contributed by atoms with E-state index in [2.05, 4.69) is 53.3 Å². The Morgan fingerprint density at radius 1 is 1.21 bits per heavy atom. The summed E-state index contributed by atoms with van der Waals surface area (Å²) in [6.45, 7) is 5.51. The van der Waals surface area contributed by atoms with Crippen LogP contribution in [0.1, 0.15) is 38.7 Å². The zero-order valence-corrected chi connectivity index (χ0v) is 13.7. The third-order valence-electron chi connectivity index (χ3n) is 3.84. The molecule has 2 unspecified atom stereocenters. The topological polar surface area (TPSA) is 21.3 Å². The predicted molar refractivity (Wildman–Crippen MR) is 83.5 cm³/mol. The molecule has 0 saturated heterocycles. The molecule has 1 fully saturated rings. The Hall–Kier alpha value is -0.540. The smallest absolute Gasteiger partial charge is 0.138 e. The van der Waals surface area contributed by atoms with Crippen molar-refractivity contribution in [2.24, 2.45) is 11.8 Å². The van der Waals surface area contributed by atoms with Crippen LogP contribution in [0.5, 0.6) is 5.75 Å². The summed E-state index contributed by atoms with van der Waals surface area (Å²) < 4.78 is 7.38. The summed E-state index contributed by atoms with van der Waals surface area (Å²) in [6, 6.07) is 6.26. The fourth-order valence-electron chi connectivity index (χ4n) is 3.15. The molecule has 2 nitrogen and oxygen atoms in total. The third-order valence-corrected chi connectivity index (χ3v) is 4.46. The van der Waals surface area contributed by atoms with Crippen molar-refractivity contribution in [3.8, 4) is 5.75 Å². The maximum absolute atomic E-state index is 6.32. The first kappa shape index (κ1) is 14.9. The van der Waals surface area contributed by atoms with Gasteiger partial charge in [-0.3, -0.25) is 0 Å². The molecule has 1 aromatic carbocycles. The van der Waals surface area contributed by atoms with Crippen LogP contribution in [0.4, 0.5) is 0 Å². The number of halogens is 1. The van der Waals surface area contributed by atoms with Crippen LogP contribution < -0.4 is 10.1 Å². The lowest BCUT2D eigenvalue weighted by Gasteiger charge is -2.32. The standard InChI is InChI=1S/C16H24BrNO/c1-11-7-12(2)9-14(8-11)19-16-13(10-18-3)5-4-6-15(16)17/h4-6,11-12,14,18H,7-10H2,1-3H3. The third kappa shape index (κ3) is 3.96. The van der Waals surface area contributed by atoms with Crippen molar-refractivity contribution >= 4 is 15.9 Å². The van der Waals surface area contributed by atoms with Gasteiger partial charge in [0, 0.05) is 12.1 Å². The van der Waals surface area contributed by atoms with Crippen molar-refractivity contribution in [3.63, 3.8) is 0 Å². The molecule has 1 N–H and O–H groups in total. The fourth-order valence-corrected chi connectivity index (χ4v) is 3.65. The lowest BCUT2D eigenvalue weighted by atomic mass is 9.82. The first-order valence-corrected chi connectivity index (χ1v) is 7.98. The lowest BCUT2D eigenvalue weighted by Crippen LogP contribution is -2.29. The normalized spacial score (nSPS) is 27.3. The first-order valence-electron chi connectivity index (χ1n) is 7.18. The maximum atomic E-state index is 6.32. The average Bonchev–Trinajstić information content (AvgIpc) is 2.32. The maximum Gasteiger partial charge on any atom is 0.138 e. The number of para-hydroxylation sites is 1. The van der Waals surface area contributed by atoms with Gasteiger partial charge in [-0.05, 0) is 60.1 Å². The van der Waals surface area contributed by atoms with E-state index in [4.69, 9.17) is 4.74 Å². The molecule has 106 valence electrons. The molecule has 0 spiro atoms. The highest BCUT2D eigenvalue weighted by molar-refractivity contribution is 9.10. The van der Waals surface area contributed by atoms with Crippen molar-refractivity contribution in [2.45, 2.75) is 45.8 Å². The minimum atomic E-state index is 0.355. The first-order chi connectivity index (χ1) is 9.10. The molecule has 1 aliphatic carbocycles. The molecule has 2 atom stereocenters. The zero-order valence-electron chi connectivity index (χ0n) is 12.1. The van der Waals surface area contributed by atoms with Crippen molar-refractivity contribution in [3.05, 3.63) is 28.2 Å². The largest absolute Gasteiger partial charge is 0.489 e. The minimum absolute atomic E-state index is 0.355. The van der Waals surface area contributed by atoms with Crippen LogP contribution >= 0.6 is 15.9 Å². The van der Waals surface area contributed by atoms with E-state index in [1.807, 2.05) is 7.05 Å². The SMILES string of the molecule is CNCc1cccc(Br)c1OC1CC(C)CC(C)C1. The second kappa shape index (κ2) is 6.76. The number of hydrogen-bond acceptors (Lipinski definition) is 2. The monoisotopic (exact) mass is 325 g/mol. The van der Waals surface area contributed by atoms with Crippen LogP contribution in [0.25, 0.3) is 0 Å². The molecule has 19 heavy (non-hydrogen) atoms. The van der Waals surface area contributed by atoms with Crippen LogP contribution in [0, 0.1) is 11.8 Å². The molecule has 0 bridgehead atoms. The van der Waals surface area contributed by atoms with Gasteiger partial charge in [0.1, 0.15) is 5.75 Å². The van der Waals surface area contributed by atoms with Gasteiger partial charge in [0.05, 0.1) is 10.6 Å². The molecule has 0 radical (unpaired) electrons. The van der Waals surface area contributed by atoms with Crippen molar-refractivity contribution in [1.82, 2.24) is 5.32 Å². The van der Waals surface area contributed by atoms with Gasteiger partial charge in [-0.1, -0.05) is 26.0 Å². The van der Waals surface area contributed by atoms with Crippen LogP contribution in [0.3, 0.4) is 0 Å². The Morgan fingerprint density at radius 3 is 2.53 bits per heavy atom. The summed E-state index contributed by atoms with van der Waals surface area (Å²) >= 11 is 3.62. The summed E-state index contributed by atoms with van der Waals surface area (Å²) in [5.41, 5.74) is 1.22. The van der Waals surface area contributed by atoms with Crippen molar-refractivity contribution in [2.75, 3.05) is 7.05 Å². The van der Waals surface area contributed by atoms with E-state index in [-0.39, 0.29) is 0 Å². The molecule has 0 aliphatic heterocycles. The van der Waals surface area contributed by atoms with Gasteiger partial charge >= 0.3 is 0 Å². The van der Waals surface area contributed by atoms with E-state index in [0.717, 1.165) is 28.6 Å². The summed E-state index contributed by atoms with van der Waals surface area (Å²) in [5, 5.41) is 3.21. The van der Waals surface area contributed by atoms with Gasteiger partial charge in [-0.15, -0.1) is 0 Å². The summed E-state index contributed by atoms with van der Waals surface area (Å²) in [7, 11) is 1.97. The van der Waals surface area contributed by atoms with E-state index in [9.17, 15) is 0 Å². The van der Waals surface area contributed by atoms with Gasteiger partial charge in [0.2, 0.25) is 0 Å². The zero-order chi connectivity index (χ0) is 13.8. The summed E-state index contributed by atoms with van der Waals surface area (Å²) in [6.07, 6.45) is 4.03. The van der Waals surface area contributed by atoms with Crippen molar-refractivity contribution < 1.29 is 4.74 Å². The van der Waals surface area contributed by atoms with Gasteiger partial charge in [0.15, 0.2) is 0 Å². The molecule has 1 saturated carbocycles. The molecular formula is C16H24BrNO. The van der Waals surface area contributed by atoms with Gasteiger partial charge in [-0.25, -0.2) is 0 Å².